The average Bonchev–Trinajstić information content (AvgIpc) is 2.55. The zero-order valence-electron chi connectivity index (χ0n) is 13.7. The fraction of sp³-hybridized carbons (Fsp3) is 0.222. The summed E-state index contributed by atoms with van der Waals surface area (Å²) in [6, 6.07) is 13.8. The molecule has 0 amide bonds. The predicted molar refractivity (Wildman–Crippen MR) is 103 cm³/mol. The van der Waals surface area contributed by atoms with Gasteiger partial charge in [0.05, 0.1) is 5.71 Å². The highest BCUT2D eigenvalue weighted by Gasteiger charge is 2.06. The molecule has 0 unspecified atom stereocenters. The smallest absolute Gasteiger partial charge is 0.191 e. The predicted octanol–water partition coefficient (Wildman–Crippen LogP) is 3.85. The maximum Gasteiger partial charge on any atom is 0.191 e. The van der Waals surface area contributed by atoms with Crippen LogP contribution in [0.5, 0.6) is 0 Å². The zero-order chi connectivity index (χ0) is 16.8. The third-order valence-electron chi connectivity index (χ3n) is 3.63. The van der Waals surface area contributed by atoms with Crippen LogP contribution in [0, 0.1) is 6.92 Å². The van der Waals surface area contributed by atoms with Gasteiger partial charge in [0.15, 0.2) is 5.11 Å². The van der Waals surface area contributed by atoms with Gasteiger partial charge < -0.3 is 11.1 Å². The van der Waals surface area contributed by atoms with Crippen molar-refractivity contribution in [3.05, 3.63) is 59.2 Å². The molecule has 0 atom stereocenters. The molecule has 0 aliphatic heterocycles. The standard InChI is InChI=1S/C18H22N4S/c1-4-14-7-5-6-12(2)17(14)20-18(23)22-21-13(3)15-8-10-16(19)11-9-15/h5-11H,4,19H2,1-3H3,(H2,20,22,23)/b21-13-. The van der Waals surface area contributed by atoms with Crippen molar-refractivity contribution in [1.29, 1.82) is 0 Å². The molecule has 0 saturated carbocycles. The monoisotopic (exact) mass is 326 g/mol. The normalized spacial score (nSPS) is 11.2. The average molecular weight is 326 g/mol. The summed E-state index contributed by atoms with van der Waals surface area (Å²) in [5.74, 6) is 0. The molecular formula is C18H22N4S. The summed E-state index contributed by atoms with van der Waals surface area (Å²) in [5, 5.41) is 8.04. The molecule has 0 aliphatic rings. The Morgan fingerprint density at radius 1 is 1.17 bits per heavy atom. The van der Waals surface area contributed by atoms with Gasteiger partial charge in [-0.1, -0.05) is 37.3 Å². The topological polar surface area (TPSA) is 62.4 Å². The zero-order valence-corrected chi connectivity index (χ0v) is 14.5. The summed E-state index contributed by atoms with van der Waals surface area (Å²) in [6.07, 6.45) is 0.945. The first kappa shape index (κ1) is 17.0. The van der Waals surface area contributed by atoms with Gasteiger partial charge in [0.25, 0.3) is 0 Å². The Bertz CT molecular complexity index is 720. The molecule has 5 heteroatoms. The molecular weight excluding hydrogens is 304 g/mol. The lowest BCUT2D eigenvalue weighted by molar-refractivity contribution is 1.03. The van der Waals surface area contributed by atoms with Gasteiger partial charge in [0, 0.05) is 11.4 Å². The molecule has 0 aliphatic carbocycles. The van der Waals surface area contributed by atoms with Crippen LogP contribution in [0.4, 0.5) is 11.4 Å². The summed E-state index contributed by atoms with van der Waals surface area (Å²) < 4.78 is 0. The Labute approximate surface area is 142 Å². The second-order valence-electron chi connectivity index (χ2n) is 5.35. The molecule has 0 bridgehead atoms. The highest BCUT2D eigenvalue weighted by Crippen LogP contribution is 2.20. The molecule has 120 valence electrons. The number of hydrogen-bond acceptors (Lipinski definition) is 3. The number of rotatable bonds is 4. The number of hydrogen-bond donors (Lipinski definition) is 3. The number of anilines is 2. The van der Waals surface area contributed by atoms with Crippen molar-refractivity contribution < 1.29 is 0 Å². The number of benzene rings is 2. The summed E-state index contributed by atoms with van der Waals surface area (Å²) in [5.41, 5.74) is 14.6. The van der Waals surface area contributed by atoms with E-state index in [9.17, 15) is 0 Å². The lowest BCUT2D eigenvalue weighted by Gasteiger charge is -2.14. The Kier molecular flexibility index (Phi) is 5.71. The van der Waals surface area contributed by atoms with Gasteiger partial charge in [-0.05, 0) is 61.3 Å². The van der Waals surface area contributed by atoms with Crippen molar-refractivity contribution in [3.63, 3.8) is 0 Å². The molecule has 4 N–H and O–H groups in total. The van der Waals surface area contributed by atoms with E-state index in [1.54, 1.807) is 0 Å². The maximum atomic E-state index is 5.69. The molecule has 2 rings (SSSR count). The Hall–Kier alpha value is -2.40. The lowest BCUT2D eigenvalue weighted by Crippen LogP contribution is -2.26. The highest BCUT2D eigenvalue weighted by molar-refractivity contribution is 7.80. The minimum absolute atomic E-state index is 0.476. The highest BCUT2D eigenvalue weighted by atomic mass is 32.1. The Morgan fingerprint density at radius 2 is 1.87 bits per heavy atom. The van der Waals surface area contributed by atoms with E-state index >= 15 is 0 Å². The number of nitrogens with two attached hydrogens (primary N) is 1. The van der Waals surface area contributed by atoms with Crippen LogP contribution in [0.1, 0.15) is 30.5 Å². The van der Waals surface area contributed by atoms with Crippen molar-refractivity contribution in [2.45, 2.75) is 27.2 Å². The molecule has 0 spiro atoms. The number of aryl methyl sites for hydroxylation is 2. The second kappa shape index (κ2) is 7.74. The SMILES string of the molecule is CCc1cccc(C)c1NC(=S)N/N=C(/C)c1ccc(N)cc1. The van der Waals surface area contributed by atoms with Crippen molar-refractivity contribution in [2.75, 3.05) is 11.1 Å². The van der Waals surface area contributed by atoms with E-state index in [1.165, 1.54) is 5.56 Å². The number of para-hydroxylation sites is 1. The van der Waals surface area contributed by atoms with Crippen LogP contribution in [0.25, 0.3) is 0 Å². The summed E-state index contributed by atoms with van der Waals surface area (Å²) >= 11 is 5.34. The fourth-order valence-corrected chi connectivity index (χ4v) is 2.41. The summed E-state index contributed by atoms with van der Waals surface area (Å²) in [4.78, 5) is 0. The van der Waals surface area contributed by atoms with Gasteiger partial charge in [-0.25, -0.2) is 0 Å². The quantitative estimate of drug-likeness (QED) is 0.346. The van der Waals surface area contributed by atoms with E-state index in [2.05, 4.69) is 47.9 Å². The summed E-state index contributed by atoms with van der Waals surface area (Å²) in [6.45, 7) is 6.11. The van der Waals surface area contributed by atoms with Gasteiger partial charge in [-0.3, -0.25) is 5.43 Å². The van der Waals surface area contributed by atoms with Crippen molar-refractivity contribution in [2.24, 2.45) is 5.10 Å². The summed E-state index contributed by atoms with van der Waals surface area (Å²) in [7, 11) is 0. The number of nitrogens with zero attached hydrogens (tertiary/aromatic N) is 1. The third-order valence-corrected chi connectivity index (χ3v) is 3.83. The van der Waals surface area contributed by atoms with E-state index in [-0.39, 0.29) is 0 Å². The van der Waals surface area contributed by atoms with Crippen LogP contribution in [-0.4, -0.2) is 10.8 Å². The molecule has 0 aromatic heterocycles. The molecule has 2 aromatic rings. The van der Waals surface area contributed by atoms with E-state index in [0.717, 1.165) is 34.6 Å². The fourth-order valence-electron chi connectivity index (χ4n) is 2.27. The van der Waals surface area contributed by atoms with Crippen LogP contribution < -0.4 is 16.5 Å². The van der Waals surface area contributed by atoms with E-state index in [1.807, 2.05) is 31.2 Å². The Morgan fingerprint density at radius 3 is 2.52 bits per heavy atom. The molecule has 23 heavy (non-hydrogen) atoms. The molecule has 0 saturated heterocycles. The molecule has 2 aromatic carbocycles. The van der Waals surface area contributed by atoms with Gasteiger partial charge in [-0.15, -0.1) is 0 Å². The first-order valence-corrected chi connectivity index (χ1v) is 7.97. The van der Waals surface area contributed by atoms with Crippen LogP contribution in [0.3, 0.4) is 0 Å². The van der Waals surface area contributed by atoms with Crippen LogP contribution >= 0.6 is 12.2 Å². The van der Waals surface area contributed by atoms with Gasteiger partial charge in [-0.2, -0.15) is 5.10 Å². The molecule has 0 radical (unpaired) electrons. The maximum absolute atomic E-state index is 5.69. The van der Waals surface area contributed by atoms with Gasteiger partial charge in [0.2, 0.25) is 0 Å². The first-order chi connectivity index (χ1) is 11.0. The van der Waals surface area contributed by atoms with E-state index in [4.69, 9.17) is 18.0 Å². The van der Waals surface area contributed by atoms with Crippen LogP contribution in [-0.2, 0) is 6.42 Å². The minimum atomic E-state index is 0.476. The van der Waals surface area contributed by atoms with Crippen LogP contribution in [0.15, 0.2) is 47.6 Å². The van der Waals surface area contributed by atoms with E-state index in [0.29, 0.717) is 5.11 Å². The number of hydrazone groups is 1. The first-order valence-electron chi connectivity index (χ1n) is 7.57. The number of thiocarbonyl (C=S) groups is 1. The minimum Gasteiger partial charge on any atom is -0.399 e. The van der Waals surface area contributed by atoms with E-state index < -0.39 is 0 Å². The second-order valence-corrected chi connectivity index (χ2v) is 5.76. The van der Waals surface area contributed by atoms with Crippen LogP contribution in [0.2, 0.25) is 0 Å². The van der Waals surface area contributed by atoms with Crippen molar-refractivity contribution in [3.8, 4) is 0 Å². The van der Waals surface area contributed by atoms with Crippen molar-refractivity contribution in [1.82, 2.24) is 5.43 Å². The number of nitrogen functional groups attached to an aromatic ring is 1. The largest absolute Gasteiger partial charge is 0.399 e. The molecule has 4 nitrogen and oxygen atoms in total. The van der Waals surface area contributed by atoms with Gasteiger partial charge >= 0.3 is 0 Å². The molecule has 0 fully saturated rings. The van der Waals surface area contributed by atoms with Crippen molar-refractivity contribution >= 4 is 34.4 Å². The lowest BCUT2D eigenvalue weighted by atomic mass is 10.1. The third kappa shape index (κ3) is 4.53. The number of nitrogens with one attached hydrogen (secondary N) is 2. The molecule has 0 heterocycles. The van der Waals surface area contributed by atoms with Gasteiger partial charge in [0.1, 0.15) is 0 Å². The Balaban J connectivity index is 2.05.